The van der Waals surface area contributed by atoms with E-state index in [9.17, 15) is 8.78 Å². The highest BCUT2D eigenvalue weighted by Crippen LogP contribution is 2.14. The van der Waals surface area contributed by atoms with Crippen LogP contribution in [0.4, 0.5) is 8.78 Å². The van der Waals surface area contributed by atoms with Crippen molar-refractivity contribution < 1.29 is 13.5 Å². The fraction of sp³-hybridized carbons (Fsp3) is 0.294. The molecule has 4 heteroatoms. The lowest BCUT2D eigenvalue weighted by molar-refractivity contribution is 0.242. The molecule has 2 nitrogen and oxygen atoms in total. The summed E-state index contributed by atoms with van der Waals surface area (Å²) in [5.41, 5.74) is 1.82. The number of rotatable bonds is 6. The summed E-state index contributed by atoms with van der Waals surface area (Å²) < 4.78 is 31.4. The van der Waals surface area contributed by atoms with E-state index in [2.05, 4.69) is 5.32 Å². The van der Waals surface area contributed by atoms with Gasteiger partial charge in [-0.2, -0.15) is 0 Å². The summed E-state index contributed by atoms with van der Waals surface area (Å²) in [6, 6.07) is 11.7. The van der Waals surface area contributed by atoms with Crippen LogP contribution in [-0.4, -0.2) is 6.10 Å². The molecule has 0 aliphatic carbocycles. The highest BCUT2D eigenvalue weighted by Gasteiger charge is 2.02. The van der Waals surface area contributed by atoms with E-state index in [0.29, 0.717) is 18.7 Å². The molecule has 0 fully saturated rings. The number of halogens is 2. The van der Waals surface area contributed by atoms with Crippen molar-refractivity contribution in [2.45, 2.75) is 33.0 Å². The Kier molecular flexibility index (Phi) is 5.28. The first-order valence-corrected chi connectivity index (χ1v) is 6.95. The highest BCUT2D eigenvalue weighted by molar-refractivity contribution is 5.27. The molecule has 21 heavy (non-hydrogen) atoms. The van der Waals surface area contributed by atoms with Gasteiger partial charge >= 0.3 is 0 Å². The molecule has 0 aliphatic heterocycles. The Morgan fingerprint density at radius 3 is 2.14 bits per heavy atom. The van der Waals surface area contributed by atoms with E-state index in [4.69, 9.17) is 4.74 Å². The average Bonchev–Trinajstić information content (AvgIpc) is 2.44. The summed E-state index contributed by atoms with van der Waals surface area (Å²) in [6.07, 6.45) is 0.155. The summed E-state index contributed by atoms with van der Waals surface area (Å²) in [6.45, 7) is 5.11. The van der Waals surface area contributed by atoms with Crippen LogP contribution in [0, 0.1) is 11.6 Å². The van der Waals surface area contributed by atoms with Crippen molar-refractivity contribution in [3.63, 3.8) is 0 Å². The lowest BCUT2D eigenvalue weighted by atomic mass is 10.2. The molecule has 0 aliphatic rings. The first-order valence-electron chi connectivity index (χ1n) is 6.95. The molecule has 0 radical (unpaired) electrons. The van der Waals surface area contributed by atoms with Gasteiger partial charge in [-0.1, -0.05) is 18.2 Å². The van der Waals surface area contributed by atoms with E-state index in [1.165, 1.54) is 6.07 Å². The topological polar surface area (TPSA) is 21.3 Å². The van der Waals surface area contributed by atoms with Crippen molar-refractivity contribution in [1.82, 2.24) is 5.32 Å². The second-order valence-corrected chi connectivity index (χ2v) is 5.16. The van der Waals surface area contributed by atoms with Gasteiger partial charge in [-0.05, 0) is 49.2 Å². The fourth-order valence-corrected chi connectivity index (χ4v) is 1.96. The minimum absolute atomic E-state index is 0.155. The summed E-state index contributed by atoms with van der Waals surface area (Å²) >= 11 is 0. The van der Waals surface area contributed by atoms with E-state index < -0.39 is 11.6 Å². The molecule has 2 aromatic rings. The number of benzene rings is 2. The maximum atomic E-state index is 13.1. The van der Waals surface area contributed by atoms with Gasteiger partial charge in [0.15, 0.2) is 11.6 Å². The third-order valence-electron chi connectivity index (χ3n) is 2.94. The van der Waals surface area contributed by atoms with Crippen molar-refractivity contribution in [2.24, 2.45) is 0 Å². The lowest BCUT2D eigenvalue weighted by Crippen LogP contribution is -2.13. The number of hydrogen-bond acceptors (Lipinski definition) is 2. The number of ether oxygens (including phenoxy) is 1. The molecule has 0 saturated carbocycles. The van der Waals surface area contributed by atoms with Crippen LogP contribution in [0.3, 0.4) is 0 Å². The molecule has 1 N–H and O–H groups in total. The third-order valence-corrected chi connectivity index (χ3v) is 2.94. The number of nitrogens with one attached hydrogen (secondary N) is 1. The van der Waals surface area contributed by atoms with Gasteiger partial charge in [-0.3, -0.25) is 0 Å². The molecule has 0 amide bonds. The van der Waals surface area contributed by atoms with Gasteiger partial charge in [0.2, 0.25) is 0 Å². The zero-order chi connectivity index (χ0) is 15.2. The molecule has 0 spiro atoms. The summed E-state index contributed by atoms with van der Waals surface area (Å²) in [4.78, 5) is 0. The molecule has 2 aromatic carbocycles. The normalized spacial score (nSPS) is 10.9. The highest BCUT2D eigenvalue weighted by atomic mass is 19.2. The van der Waals surface area contributed by atoms with Gasteiger partial charge in [0, 0.05) is 13.1 Å². The van der Waals surface area contributed by atoms with Crippen LogP contribution in [-0.2, 0) is 13.1 Å². The molecular weight excluding hydrogens is 272 g/mol. The van der Waals surface area contributed by atoms with Crippen LogP contribution in [0.2, 0.25) is 0 Å². The second kappa shape index (κ2) is 7.18. The second-order valence-electron chi connectivity index (χ2n) is 5.16. The molecular formula is C17H19F2NO. The van der Waals surface area contributed by atoms with Crippen molar-refractivity contribution in [2.75, 3.05) is 0 Å². The molecule has 112 valence electrons. The summed E-state index contributed by atoms with van der Waals surface area (Å²) in [7, 11) is 0. The standard InChI is InChI=1S/C17H19F2NO/c1-12(2)21-15-6-3-13(4-7-15)10-20-11-14-5-8-16(18)17(19)9-14/h3-9,12,20H,10-11H2,1-2H3. The van der Waals surface area contributed by atoms with Gasteiger partial charge in [0.05, 0.1) is 6.10 Å². The Balaban J connectivity index is 1.84. The Morgan fingerprint density at radius 1 is 0.905 bits per heavy atom. The van der Waals surface area contributed by atoms with Crippen LogP contribution >= 0.6 is 0 Å². The average molecular weight is 291 g/mol. The first kappa shape index (κ1) is 15.4. The fourth-order valence-electron chi connectivity index (χ4n) is 1.96. The predicted octanol–water partition coefficient (Wildman–Crippen LogP) is 4.04. The maximum absolute atomic E-state index is 13.1. The zero-order valence-electron chi connectivity index (χ0n) is 12.2. The molecule has 2 rings (SSSR count). The smallest absolute Gasteiger partial charge is 0.159 e. The van der Waals surface area contributed by atoms with Gasteiger partial charge in [0.1, 0.15) is 5.75 Å². The molecule has 0 aromatic heterocycles. The van der Waals surface area contributed by atoms with Crippen LogP contribution in [0.25, 0.3) is 0 Å². The Bertz CT molecular complexity index is 582. The van der Waals surface area contributed by atoms with E-state index in [1.54, 1.807) is 6.07 Å². The molecule has 0 bridgehead atoms. The van der Waals surface area contributed by atoms with Crippen molar-refractivity contribution in [3.8, 4) is 5.75 Å². The summed E-state index contributed by atoms with van der Waals surface area (Å²) in [5, 5.41) is 3.19. The van der Waals surface area contributed by atoms with Crippen molar-refractivity contribution in [1.29, 1.82) is 0 Å². The zero-order valence-corrected chi connectivity index (χ0v) is 12.2. The van der Waals surface area contributed by atoms with Crippen LogP contribution in [0.15, 0.2) is 42.5 Å². The number of hydrogen-bond donors (Lipinski definition) is 1. The first-order chi connectivity index (χ1) is 10.0. The summed E-state index contributed by atoms with van der Waals surface area (Å²) in [5.74, 6) is -0.793. The van der Waals surface area contributed by atoms with E-state index in [1.807, 2.05) is 38.1 Å². The third kappa shape index (κ3) is 4.83. The van der Waals surface area contributed by atoms with E-state index in [0.717, 1.165) is 17.4 Å². The maximum Gasteiger partial charge on any atom is 0.159 e. The Labute approximate surface area is 123 Å². The van der Waals surface area contributed by atoms with E-state index >= 15 is 0 Å². The van der Waals surface area contributed by atoms with Crippen LogP contribution in [0.5, 0.6) is 5.75 Å². The molecule has 0 saturated heterocycles. The van der Waals surface area contributed by atoms with Gasteiger partial charge < -0.3 is 10.1 Å². The van der Waals surface area contributed by atoms with Gasteiger partial charge in [-0.25, -0.2) is 8.78 Å². The quantitative estimate of drug-likeness (QED) is 0.867. The molecule has 0 atom stereocenters. The minimum atomic E-state index is -0.820. The Morgan fingerprint density at radius 2 is 1.52 bits per heavy atom. The SMILES string of the molecule is CC(C)Oc1ccc(CNCc2ccc(F)c(F)c2)cc1. The lowest BCUT2D eigenvalue weighted by Gasteiger charge is -2.10. The van der Waals surface area contributed by atoms with Crippen molar-refractivity contribution in [3.05, 3.63) is 65.2 Å². The van der Waals surface area contributed by atoms with Crippen LogP contribution < -0.4 is 10.1 Å². The van der Waals surface area contributed by atoms with E-state index in [-0.39, 0.29) is 6.10 Å². The molecule has 0 unspecified atom stereocenters. The van der Waals surface area contributed by atoms with Crippen molar-refractivity contribution >= 4 is 0 Å². The van der Waals surface area contributed by atoms with Crippen LogP contribution in [0.1, 0.15) is 25.0 Å². The van der Waals surface area contributed by atoms with Gasteiger partial charge in [0.25, 0.3) is 0 Å². The largest absolute Gasteiger partial charge is 0.491 e. The predicted molar refractivity (Wildman–Crippen MR) is 79.1 cm³/mol. The molecule has 0 heterocycles. The minimum Gasteiger partial charge on any atom is -0.491 e. The monoisotopic (exact) mass is 291 g/mol. The van der Waals surface area contributed by atoms with Gasteiger partial charge in [-0.15, -0.1) is 0 Å². The Hall–Kier alpha value is -1.94.